The fraction of sp³-hybridized carbons (Fsp3) is 0.391. The second kappa shape index (κ2) is 8.53. The molecular formula is C23H24F2N4O2. The Kier molecular flexibility index (Phi) is 5.80. The fourth-order valence-corrected chi connectivity index (χ4v) is 3.88. The van der Waals surface area contributed by atoms with E-state index in [0.29, 0.717) is 47.2 Å². The van der Waals surface area contributed by atoms with Gasteiger partial charge in [-0.1, -0.05) is 13.0 Å². The smallest absolute Gasteiger partial charge is 0.256 e. The highest BCUT2D eigenvalue weighted by atomic mass is 19.3. The van der Waals surface area contributed by atoms with Crippen LogP contribution in [0.5, 0.6) is 5.88 Å². The minimum absolute atomic E-state index is 0.311. The summed E-state index contributed by atoms with van der Waals surface area (Å²) < 4.78 is 32.7. The Bertz CT molecular complexity index is 1130. The summed E-state index contributed by atoms with van der Waals surface area (Å²) in [7, 11) is 0. The van der Waals surface area contributed by atoms with Crippen molar-refractivity contribution < 1.29 is 13.5 Å². The number of nitrogens with zero attached hydrogens (tertiary/aromatic N) is 4. The number of hydrogen-bond acceptors (Lipinski definition) is 5. The lowest BCUT2D eigenvalue weighted by Gasteiger charge is -2.13. The number of halogens is 2. The SMILES string of the molecule is Cc1ccc(C2C(C)C2COc2nc(C)ncc2-c2ccc(=O)n(CC(F)F)c2)nc1. The Balaban J connectivity index is 1.54. The van der Waals surface area contributed by atoms with Crippen LogP contribution in [0, 0.1) is 25.7 Å². The van der Waals surface area contributed by atoms with Crippen LogP contribution in [-0.4, -0.2) is 32.6 Å². The van der Waals surface area contributed by atoms with Crippen LogP contribution < -0.4 is 10.3 Å². The Labute approximate surface area is 179 Å². The van der Waals surface area contributed by atoms with E-state index in [1.54, 1.807) is 19.2 Å². The summed E-state index contributed by atoms with van der Waals surface area (Å²) in [4.78, 5) is 25.1. The molecule has 8 heteroatoms. The zero-order chi connectivity index (χ0) is 22.1. The molecule has 0 aliphatic heterocycles. The first-order chi connectivity index (χ1) is 14.8. The normalized spacial score (nSPS) is 20.1. The molecule has 0 spiro atoms. The van der Waals surface area contributed by atoms with Gasteiger partial charge < -0.3 is 9.30 Å². The molecule has 3 aromatic rings. The van der Waals surface area contributed by atoms with E-state index in [-0.39, 0.29) is 0 Å². The van der Waals surface area contributed by atoms with Gasteiger partial charge in [0, 0.05) is 47.8 Å². The second-order valence-corrected chi connectivity index (χ2v) is 8.06. The molecule has 0 radical (unpaired) electrons. The van der Waals surface area contributed by atoms with E-state index in [1.807, 2.05) is 13.1 Å². The lowest BCUT2D eigenvalue weighted by molar-refractivity contribution is 0.125. The summed E-state index contributed by atoms with van der Waals surface area (Å²) in [5.41, 5.74) is 2.81. The number of pyridine rings is 2. The van der Waals surface area contributed by atoms with Gasteiger partial charge in [-0.25, -0.2) is 13.8 Å². The van der Waals surface area contributed by atoms with Crippen LogP contribution in [0.3, 0.4) is 0 Å². The Morgan fingerprint density at radius 2 is 1.94 bits per heavy atom. The molecule has 162 valence electrons. The molecule has 0 aromatic carbocycles. The lowest BCUT2D eigenvalue weighted by atomic mass is 10.1. The van der Waals surface area contributed by atoms with Gasteiger partial charge in [-0.15, -0.1) is 0 Å². The van der Waals surface area contributed by atoms with Gasteiger partial charge >= 0.3 is 0 Å². The average Bonchev–Trinajstić information content (AvgIpc) is 3.37. The maximum atomic E-state index is 12.8. The average molecular weight is 426 g/mol. The molecule has 3 heterocycles. The van der Waals surface area contributed by atoms with Gasteiger partial charge in [-0.05, 0) is 37.5 Å². The van der Waals surface area contributed by atoms with Crippen molar-refractivity contribution in [3.05, 3.63) is 70.3 Å². The first-order valence-corrected chi connectivity index (χ1v) is 10.2. The van der Waals surface area contributed by atoms with Crippen LogP contribution in [-0.2, 0) is 6.54 Å². The summed E-state index contributed by atoms with van der Waals surface area (Å²) in [5, 5.41) is 0. The van der Waals surface area contributed by atoms with Gasteiger partial charge in [0.05, 0.1) is 18.7 Å². The Morgan fingerprint density at radius 3 is 2.65 bits per heavy atom. The molecule has 31 heavy (non-hydrogen) atoms. The summed E-state index contributed by atoms with van der Waals surface area (Å²) in [6.07, 6.45) is 2.24. The number of ether oxygens (including phenoxy) is 1. The van der Waals surface area contributed by atoms with Crippen LogP contribution in [0.4, 0.5) is 8.78 Å². The van der Waals surface area contributed by atoms with Crippen LogP contribution in [0.1, 0.15) is 29.9 Å². The predicted octanol–water partition coefficient (Wildman–Crippen LogP) is 4.01. The molecule has 0 N–H and O–H groups in total. The molecule has 0 saturated heterocycles. The monoisotopic (exact) mass is 426 g/mol. The molecular weight excluding hydrogens is 402 g/mol. The van der Waals surface area contributed by atoms with E-state index in [4.69, 9.17) is 4.74 Å². The zero-order valence-electron chi connectivity index (χ0n) is 17.6. The van der Waals surface area contributed by atoms with Crippen molar-refractivity contribution in [1.82, 2.24) is 19.5 Å². The number of aryl methyl sites for hydroxylation is 2. The van der Waals surface area contributed by atoms with Gasteiger partial charge in [0.25, 0.3) is 12.0 Å². The van der Waals surface area contributed by atoms with Crippen LogP contribution in [0.2, 0.25) is 0 Å². The standard InChI is InChI=1S/C23H24F2N4O2/c1-13-4-6-19(27-8-13)22-14(2)18(22)12-31-23-17(9-26-15(3)28-23)16-5-7-21(30)29(10-16)11-20(24)25/h4-10,14,18,20,22H,11-12H2,1-3H3. The maximum Gasteiger partial charge on any atom is 0.256 e. The molecule has 6 nitrogen and oxygen atoms in total. The van der Waals surface area contributed by atoms with Crippen molar-refractivity contribution in [3.63, 3.8) is 0 Å². The van der Waals surface area contributed by atoms with Crippen molar-refractivity contribution in [2.45, 2.75) is 39.7 Å². The van der Waals surface area contributed by atoms with Crippen LogP contribution in [0.15, 0.2) is 47.7 Å². The molecule has 1 saturated carbocycles. The highest BCUT2D eigenvalue weighted by molar-refractivity contribution is 5.66. The predicted molar refractivity (Wildman–Crippen MR) is 112 cm³/mol. The molecule has 0 amide bonds. The summed E-state index contributed by atoms with van der Waals surface area (Å²) in [6.45, 7) is 5.73. The molecule has 3 atom stereocenters. The summed E-state index contributed by atoms with van der Waals surface area (Å²) in [5.74, 6) is 2.00. The topological polar surface area (TPSA) is 69.9 Å². The Hall–Kier alpha value is -3.16. The van der Waals surface area contributed by atoms with Crippen molar-refractivity contribution in [2.75, 3.05) is 6.61 Å². The summed E-state index contributed by atoms with van der Waals surface area (Å²) in [6, 6.07) is 6.96. The minimum Gasteiger partial charge on any atom is -0.477 e. The molecule has 0 bridgehead atoms. The number of alkyl halides is 2. The van der Waals surface area contributed by atoms with E-state index in [0.717, 1.165) is 15.8 Å². The molecule has 1 aliphatic rings. The van der Waals surface area contributed by atoms with Gasteiger partial charge in [0.15, 0.2) is 0 Å². The largest absolute Gasteiger partial charge is 0.477 e. The summed E-state index contributed by atoms with van der Waals surface area (Å²) >= 11 is 0. The quantitative estimate of drug-likeness (QED) is 0.571. The Morgan fingerprint density at radius 1 is 1.13 bits per heavy atom. The molecule has 4 rings (SSSR count). The van der Waals surface area contributed by atoms with Crippen molar-refractivity contribution in [3.8, 4) is 17.0 Å². The third-order valence-electron chi connectivity index (χ3n) is 5.75. The van der Waals surface area contributed by atoms with E-state index < -0.39 is 18.5 Å². The zero-order valence-corrected chi connectivity index (χ0v) is 17.6. The van der Waals surface area contributed by atoms with Gasteiger partial charge in [0.2, 0.25) is 5.88 Å². The minimum atomic E-state index is -2.62. The third kappa shape index (κ3) is 4.62. The first kappa shape index (κ1) is 21.1. The van der Waals surface area contributed by atoms with Gasteiger partial charge in [-0.3, -0.25) is 9.78 Å². The van der Waals surface area contributed by atoms with E-state index in [9.17, 15) is 13.6 Å². The highest BCUT2D eigenvalue weighted by Crippen LogP contribution is 2.53. The second-order valence-electron chi connectivity index (χ2n) is 8.06. The lowest BCUT2D eigenvalue weighted by Crippen LogP contribution is -2.22. The number of hydrogen-bond donors (Lipinski definition) is 0. The maximum absolute atomic E-state index is 12.8. The van der Waals surface area contributed by atoms with Crippen LogP contribution in [0.25, 0.3) is 11.1 Å². The van der Waals surface area contributed by atoms with Gasteiger partial charge in [-0.2, -0.15) is 4.98 Å². The van der Waals surface area contributed by atoms with Gasteiger partial charge in [0.1, 0.15) is 5.82 Å². The van der Waals surface area contributed by atoms with E-state index in [2.05, 4.69) is 34.0 Å². The fourth-order valence-electron chi connectivity index (χ4n) is 3.88. The van der Waals surface area contributed by atoms with Crippen LogP contribution >= 0.6 is 0 Å². The number of rotatable bonds is 7. The third-order valence-corrected chi connectivity index (χ3v) is 5.75. The van der Waals surface area contributed by atoms with Crippen molar-refractivity contribution in [1.29, 1.82) is 0 Å². The van der Waals surface area contributed by atoms with Crippen molar-refractivity contribution in [2.24, 2.45) is 11.8 Å². The first-order valence-electron chi connectivity index (χ1n) is 10.2. The molecule has 1 aliphatic carbocycles. The molecule has 3 aromatic heterocycles. The number of aromatic nitrogens is 4. The molecule has 3 unspecified atom stereocenters. The van der Waals surface area contributed by atoms with E-state index in [1.165, 1.54) is 12.3 Å². The van der Waals surface area contributed by atoms with E-state index >= 15 is 0 Å². The highest BCUT2D eigenvalue weighted by Gasteiger charge is 2.49. The molecule has 1 fully saturated rings. The van der Waals surface area contributed by atoms with Crippen molar-refractivity contribution >= 4 is 0 Å².